The Labute approximate surface area is 177 Å². The Balaban J connectivity index is 1.90. The molecular weight excluding hydrogens is 404 g/mol. The van der Waals surface area contributed by atoms with E-state index in [1.165, 1.54) is 0 Å². The predicted molar refractivity (Wildman–Crippen MR) is 117 cm³/mol. The standard InChI is InChI=1S/C23H23ClN2O2S/c24-20-13-11-19(12-14-20)23(26-15-17-28-18-16-26)25-29(27,21-7-3-1-4-8-21)22-9-5-2-6-10-22/h1-14,23H,15-18H2. The summed E-state index contributed by atoms with van der Waals surface area (Å²) in [4.78, 5) is 3.63. The van der Waals surface area contributed by atoms with Gasteiger partial charge >= 0.3 is 0 Å². The lowest BCUT2D eigenvalue weighted by Gasteiger charge is -2.33. The summed E-state index contributed by atoms with van der Waals surface area (Å²) in [5.41, 5.74) is 0.968. The van der Waals surface area contributed by atoms with Crippen LogP contribution in [0, 0.1) is 0 Å². The second-order valence-electron chi connectivity index (χ2n) is 6.83. The zero-order valence-electron chi connectivity index (χ0n) is 16.0. The van der Waals surface area contributed by atoms with E-state index in [2.05, 4.69) is 4.90 Å². The lowest BCUT2D eigenvalue weighted by atomic mass is 10.1. The molecule has 1 fully saturated rings. The molecule has 3 aromatic carbocycles. The van der Waals surface area contributed by atoms with Crippen LogP contribution in [0.2, 0.25) is 5.02 Å². The number of rotatable bonds is 5. The van der Waals surface area contributed by atoms with E-state index in [1.807, 2.05) is 84.9 Å². The zero-order chi connectivity index (χ0) is 20.1. The monoisotopic (exact) mass is 426 g/mol. The lowest BCUT2D eigenvalue weighted by Crippen LogP contribution is -2.38. The summed E-state index contributed by atoms with van der Waals surface area (Å²) in [7, 11) is -2.84. The van der Waals surface area contributed by atoms with Gasteiger partial charge in [0.25, 0.3) is 0 Å². The van der Waals surface area contributed by atoms with Gasteiger partial charge in [-0.05, 0) is 42.0 Å². The van der Waals surface area contributed by atoms with E-state index < -0.39 is 9.73 Å². The summed E-state index contributed by atoms with van der Waals surface area (Å²) in [6, 6.07) is 26.6. The highest BCUT2D eigenvalue weighted by Crippen LogP contribution is 2.32. The molecule has 0 bridgehead atoms. The molecule has 150 valence electrons. The third-order valence-electron chi connectivity index (χ3n) is 4.93. The molecule has 0 N–H and O–H groups in total. The molecule has 1 aliphatic rings. The van der Waals surface area contributed by atoms with Gasteiger partial charge in [-0.25, -0.2) is 8.57 Å². The maximum Gasteiger partial charge on any atom is 0.138 e. The molecule has 4 rings (SSSR count). The normalized spacial score (nSPS) is 16.3. The average molecular weight is 427 g/mol. The lowest BCUT2D eigenvalue weighted by molar-refractivity contribution is 0.0182. The van der Waals surface area contributed by atoms with Crippen LogP contribution in [-0.4, -0.2) is 35.4 Å². The first kappa shape index (κ1) is 20.1. The van der Waals surface area contributed by atoms with Gasteiger partial charge in [-0.1, -0.05) is 60.1 Å². The molecule has 1 saturated heterocycles. The van der Waals surface area contributed by atoms with Gasteiger partial charge in [0.05, 0.1) is 23.0 Å². The van der Waals surface area contributed by atoms with Crippen LogP contribution >= 0.6 is 11.6 Å². The van der Waals surface area contributed by atoms with E-state index in [0.29, 0.717) is 28.0 Å². The second-order valence-corrected chi connectivity index (χ2v) is 9.47. The number of nitrogens with zero attached hydrogens (tertiary/aromatic N) is 2. The topological polar surface area (TPSA) is 41.9 Å². The van der Waals surface area contributed by atoms with E-state index in [0.717, 1.165) is 18.7 Å². The summed E-state index contributed by atoms with van der Waals surface area (Å²) in [6.07, 6.45) is -0.357. The maximum atomic E-state index is 14.4. The number of morpholine rings is 1. The van der Waals surface area contributed by atoms with E-state index in [9.17, 15) is 4.21 Å². The van der Waals surface area contributed by atoms with Gasteiger partial charge in [0.15, 0.2) is 0 Å². The first-order valence-corrected chi connectivity index (χ1v) is 11.5. The number of hydrogen-bond donors (Lipinski definition) is 0. The fourth-order valence-corrected chi connectivity index (χ4v) is 5.63. The van der Waals surface area contributed by atoms with Gasteiger partial charge in [-0.3, -0.25) is 4.90 Å². The molecule has 1 atom stereocenters. The van der Waals surface area contributed by atoms with Gasteiger partial charge in [0, 0.05) is 18.1 Å². The van der Waals surface area contributed by atoms with Crippen molar-refractivity contribution in [3.05, 3.63) is 95.5 Å². The smallest absolute Gasteiger partial charge is 0.138 e. The summed E-state index contributed by atoms with van der Waals surface area (Å²) < 4.78 is 25.0. The minimum atomic E-state index is -2.84. The third-order valence-corrected chi connectivity index (χ3v) is 7.50. The quantitative estimate of drug-likeness (QED) is 0.559. The third kappa shape index (κ3) is 4.54. The molecular formula is C23H23ClN2O2S. The van der Waals surface area contributed by atoms with Crippen molar-refractivity contribution in [1.82, 2.24) is 4.90 Å². The SMILES string of the molecule is O=S(=NC(c1ccc(Cl)cc1)N1CCOCC1)(c1ccccc1)c1ccccc1. The minimum absolute atomic E-state index is 0.357. The summed E-state index contributed by atoms with van der Waals surface area (Å²) >= 11 is 6.11. The van der Waals surface area contributed by atoms with Crippen molar-refractivity contribution in [1.29, 1.82) is 0 Å². The van der Waals surface area contributed by atoms with Crippen molar-refractivity contribution in [2.75, 3.05) is 26.3 Å². The molecule has 0 saturated carbocycles. The first-order chi connectivity index (χ1) is 14.2. The van der Waals surface area contributed by atoms with Gasteiger partial charge in [0.2, 0.25) is 0 Å². The van der Waals surface area contributed by atoms with Crippen molar-refractivity contribution in [3.8, 4) is 0 Å². The summed E-state index contributed by atoms with van der Waals surface area (Å²) in [6.45, 7) is 2.74. The number of hydrogen-bond acceptors (Lipinski definition) is 4. The van der Waals surface area contributed by atoms with Crippen LogP contribution in [0.4, 0.5) is 0 Å². The van der Waals surface area contributed by atoms with Crippen LogP contribution in [0.15, 0.2) is 99.1 Å². The molecule has 4 nitrogen and oxygen atoms in total. The fraction of sp³-hybridized carbons (Fsp3) is 0.217. The van der Waals surface area contributed by atoms with E-state index in [-0.39, 0.29) is 6.17 Å². The largest absolute Gasteiger partial charge is 0.379 e. The van der Waals surface area contributed by atoms with E-state index in [1.54, 1.807) is 0 Å². The molecule has 6 heteroatoms. The molecule has 0 aliphatic carbocycles. The minimum Gasteiger partial charge on any atom is -0.379 e. The molecule has 1 aliphatic heterocycles. The molecule has 0 spiro atoms. The molecule has 0 aromatic heterocycles. The number of halogens is 1. The summed E-state index contributed by atoms with van der Waals surface area (Å²) in [5, 5.41) is 0.668. The number of benzene rings is 3. The molecule has 3 aromatic rings. The Kier molecular flexibility index (Phi) is 6.31. The maximum absolute atomic E-state index is 14.4. The van der Waals surface area contributed by atoms with Crippen LogP contribution in [0.3, 0.4) is 0 Å². The Bertz CT molecular complexity index is 998. The Hall–Kier alpha value is -2.18. The fourth-order valence-electron chi connectivity index (χ4n) is 3.40. The Morgan fingerprint density at radius 3 is 1.86 bits per heavy atom. The molecule has 1 heterocycles. The highest BCUT2D eigenvalue weighted by molar-refractivity contribution is 7.93. The van der Waals surface area contributed by atoms with Crippen molar-refractivity contribution in [2.24, 2.45) is 4.36 Å². The zero-order valence-corrected chi connectivity index (χ0v) is 17.6. The van der Waals surface area contributed by atoms with Crippen molar-refractivity contribution in [3.63, 3.8) is 0 Å². The van der Waals surface area contributed by atoms with Gasteiger partial charge in [-0.15, -0.1) is 0 Å². The van der Waals surface area contributed by atoms with Gasteiger partial charge in [-0.2, -0.15) is 0 Å². The van der Waals surface area contributed by atoms with Crippen molar-refractivity contribution >= 4 is 21.3 Å². The molecule has 29 heavy (non-hydrogen) atoms. The molecule has 0 radical (unpaired) electrons. The molecule has 0 amide bonds. The molecule has 1 unspecified atom stereocenters. The predicted octanol–water partition coefficient (Wildman–Crippen LogP) is 5.26. The van der Waals surface area contributed by atoms with E-state index >= 15 is 0 Å². The highest BCUT2D eigenvalue weighted by atomic mass is 35.5. The van der Waals surface area contributed by atoms with Crippen molar-refractivity contribution < 1.29 is 8.95 Å². The van der Waals surface area contributed by atoms with Crippen LogP contribution in [0.25, 0.3) is 0 Å². The van der Waals surface area contributed by atoms with Gasteiger partial charge in [0.1, 0.15) is 15.9 Å². The van der Waals surface area contributed by atoms with Gasteiger partial charge < -0.3 is 4.74 Å². The van der Waals surface area contributed by atoms with Crippen LogP contribution in [0.5, 0.6) is 0 Å². The van der Waals surface area contributed by atoms with Crippen LogP contribution in [0.1, 0.15) is 11.7 Å². The second kappa shape index (κ2) is 9.09. The van der Waals surface area contributed by atoms with E-state index in [4.69, 9.17) is 20.7 Å². The van der Waals surface area contributed by atoms with Crippen LogP contribution in [-0.2, 0) is 14.5 Å². The first-order valence-electron chi connectivity index (χ1n) is 9.60. The Morgan fingerprint density at radius 1 is 0.828 bits per heavy atom. The summed E-state index contributed by atoms with van der Waals surface area (Å²) in [5.74, 6) is 0. The number of ether oxygens (including phenoxy) is 1. The van der Waals surface area contributed by atoms with Crippen molar-refractivity contribution in [2.45, 2.75) is 16.0 Å². The average Bonchev–Trinajstić information content (AvgIpc) is 2.80. The highest BCUT2D eigenvalue weighted by Gasteiger charge is 2.26. The van der Waals surface area contributed by atoms with Crippen LogP contribution < -0.4 is 0 Å². The Morgan fingerprint density at radius 2 is 1.34 bits per heavy atom.